The highest BCUT2D eigenvalue weighted by molar-refractivity contribution is 7.96. The molecule has 0 saturated heterocycles. The first-order valence-electron chi connectivity index (χ1n) is 11.0. The first-order chi connectivity index (χ1) is 17.3. The SMILES string of the molecule is COc1cc(C2=NCCc3ccccc32)ccc1NS(=O)(=O)c1sccc1S(=O)(=O)c1ccccc1. The van der Waals surface area contributed by atoms with Crippen molar-refractivity contribution in [3.63, 3.8) is 0 Å². The Morgan fingerprint density at radius 1 is 0.917 bits per heavy atom. The van der Waals surface area contributed by atoms with Crippen molar-refractivity contribution in [2.45, 2.75) is 20.4 Å². The average molecular weight is 539 g/mol. The maximum Gasteiger partial charge on any atom is 0.272 e. The van der Waals surface area contributed by atoms with Crippen molar-refractivity contribution < 1.29 is 21.6 Å². The highest BCUT2D eigenvalue weighted by Crippen LogP contribution is 2.35. The van der Waals surface area contributed by atoms with Gasteiger partial charge in [0.05, 0.1) is 23.4 Å². The number of anilines is 1. The molecule has 0 atom stereocenters. The van der Waals surface area contributed by atoms with Crippen LogP contribution in [0.4, 0.5) is 5.69 Å². The first kappa shape index (κ1) is 24.2. The number of hydrogen-bond acceptors (Lipinski definition) is 7. The van der Waals surface area contributed by atoms with Gasteiger partial charge in [-0.25, -0.2) is 16.8 Å². The van der Waals surface area contributed by atoms with Gasteiger partial charge < -0.3 is 4.74 Å². The number of ether oxygens (including phenoxy) is 1. The molecule has 1 aromatic heterocycles. The van der Waals surface area contributed by atoms with Crippen LogP contribution in [0.2, 0.25) is 0 Å². The number of nitrogens with one attached hydrogen (secondary N) is 1. The van der Waals surface area contributed by atoms with Crippen molar-refractivity contribution in [1.82, 2.24) is 0 Å². The summed E-state index contributed by atoms with van der Waals surface area (Å²) in [6.45, 7) is 0.667. The summed E-state index contributed by atoms with van der Waals surface area (Å²) in [4.78, 5) is 4.44. The molecule has 1 aliphatic rings. The standard InChI is InChI=1S/C26H22N2O5S3/c1-33-23-17-19(25-21-10-6-5-7-18(21)13-15-27-25)11-12-22(23)28-36(31,32)26-24(14-16-34-26)35(29,30)20-8-3-2-4-9-20/h2-12,14,16-17,28H,13,15H2,1H3. The third kappa shape index (κ3) is 4.43. The van der Waals surface area contributed by atoms with Gasteiger partial charge in [-0.3, -0.25) is 9.71 Å². The number of aliphatic imine (C=N–C) groups is 1. The summed E-state index contributed by atoms with van der Waals surface area (Å²) < 4.78 is 60.7. The van der Waals surface area contributed by atoms with Gasteiger partial charge in [-0.2, -0.15) is 0 Å². The van der Waals surface area contributed by atoms with Crippen LogP contribution in [0.25, 0.3) is 0 Å². The normalized spacial score (nSPS) is 13.5. The van der Waals surface area contributed by atoms with Crippen LogP contribution in [0.3, 0.4) is 0 Å². The Hall–Kier alpha value is -3.47. The van der Waals surface area contributed by atoms with Crippen LogP contribution in [-0.4, -0.2) is 36.2 Å². The lowest BCUT2D eigenvalue weighted by Gasteiger charge is -2.18. The Morgan fingerprint density at radius 3 is 2.44 bits per heavy atom. The van der Waals surface area contributed by atoms with E-state index in [1.54, 1.807) is 36.4 Å². The highest BCUT2D eigenvalue weighted by Gasteiger charge is 2.30. The second-order valence-electron chi connectivity index (χ2n) is 8.05. The minimum Gasteiger partial charge on any atom is -0.495 e. The van der Waals surface area contributed by atoms with Crippen LogP contribution in [0.5, 0.6) is 5.75 Å². The molecule has 4 aromatic rings. The molecule has 0 spiro atoms. The molecule has 7 nitrogen and oxygen atoms in total. The van der Waals surface area contributed by atoms with Gasteiger partial charge in [-0.1, -0.05) is 48.5 Å². The van der Waals surface area contributed by atoms with Crippen LogP contribution in [0, 0.1) is 0 Å². The molecule has 0 unspecified atom stereocenters. The minimum absolute atomic E-state index is 0.0234. The summed E-state index contributed by atoms with van der Waals surface area (Å²) in [7, 11) is -6.81. The molecule has 184 valence electrons. The first-order valence-corrected chi connectivity index (χ1v) is 14.9. The summed E-state index contributed by atoms with van der Waals surface area (Å²) >= 11 is 0.839. The van der Waals surface area contributed by atoms with Crippen molar-refractivity contribution in [3.05, 3.63) is 101 Å². The zero-order valence-electron chi connectivity index (χ0n) is 19.2. The summed E-state index contributed by atoms with van der Waals surface area (Å²) in [5.74, 6) is 0.297. The van der Waals surface area contributed by atoms with Gasteiger partial charge >= 0.3 is 0 Å². The van der Waals surface area contributed by atoms with Crippen LogP contribution in [-0.2, 0) is 26.3 Å². The number of sulfonamides is 1. The van der Waals surface area contributed by atoms with Crippen molar-refractivity contribution in [1.29, 1.82) is 0 Å². The van der Waals surface area contributed by atoms with E-state index >= 15 is 0 Å². The smallest absolute Gasteiger partial charge is 0.272 e. The lowest BCUT2D eigenvalue weighted by molar-refractivity contribution is 0.417. The molecule has 1 aliphatic heterocycles. The summed E-state index contributed by atoms with van der Waals surface area (Å²) in [6, 6.07) is 22.2. The van der Waals surface area contributed by atoms with Gasteiger partial charge in [-0.15, -0.1) is 11.3 Å². The van der Waals surface area contributed by atoms with E-state index in [9.17, 15) is 16.8 Å². The van der Waals surface area contributed by atoms with Gasteiger partial charge in [0.15, 0.2) is 4.21 Å². The maximum absolute atomic E-state index is 13.3. The predicted octanol–water partition coefficient (Wildman–Crippen LogP) is 4.78. The molecule has 0 bridgehead atoms. The third-order valence-corrected chi connectivity index (χ3v) is 10.7. The monoisotopic (exact) mass is 538 g/mol. The Labute approximate surface area is 214 Å². The van der Waals surface area contributed by atoms with Gasteiger partial charge in [0.1, 0.15) is 10.6 Å². The molecule has 0 fully saturated rings. The zero-order valence-corrected chi connectivity index (χ0v) is 21.7. The molecule has 5 rings (SSSR count). The van der Waals surface area contributed by atoms with E-state index in [-0.39, 0.29) is 19.7 Å². The fraction of sp³-hybridized carbons (Fsp3) is 0.115. The number of methoxy groups -OCH3 is 1. The highest BCUT2D eigenvalue weighted by atomic mass is 32.2. The number of benzene rings is 3. The zero-order chi connectivity index (χ0) is 25.3. The van der Waals surface area contributed by atoms with E-state index in [0.29, 0.717) is 12.3 Å². The van der Waals surface area contributed by atoms with E-state index in [4.69, 9.17) is 4.74 Å². The van der Waals surface area contributed by atoms with Gasteiger partial charge in [-0.05, 0) is 47.7 Å². The summed E-state index contributed by atoms with van der Waals surface area (Å²) in [6.07, 6.45) is 0.865. The van der Waals surface area contributed by atoms with Crippen molar-refractivity contribution in [2.24, 2.45) is 4.99 Å². The molecule has 36 heavy (non-hydrogen) atoms. The Bertz CT molecular complexity index is 1680. The predicted molar refractivity (Wildman–Crippen MR) is 141 cm³/mol. The molecule has 0 aliphatic carbocycles. The Morgan fingerprint density at radius 2 is 1.67 bits per heavy atom. The maximum atomic E-state index is 13.3. The van der Waals surface area contributed by atoms with E-state index < -0.39 is 19.9 Å². The topological polar surface area (TPSA) is 102 Å². The Balaban J connectivity index is 1.49. The second-order valence-corrected chi connectivity index (χ2v) is 12.8. The molecule has 0 radical (unpaired) electrons. The Kier molecular flexibility index (Phi) is 6.42. The van der Waals surface area contributed by atoms with Crippen molar-refractivity contribution in [3.8, 4) is 5.75 Å². The van der Waals surface area contributed by atoms with Crippen LogP contribution < -0.4 is 9.46 Å². The summed E-state index contributed by atoms with van der Waals surface area (Å²) in [5.41, 5.74) is 4.05. The quantitative estimate of drug-likeness (QED) is 0.365. The van der Waals surface area contributed by atoms with E-state index in [1.807, 2.05) is 18.2 Å². The lowest BCUT2D eigenvalue weighted by Crippen LogP contribution is -2.17. The van der Waals surface area contributed by atoms with E-state index in [2.05, 4.69) is 15.8 Å². The van der Waals surface area contributed by atoms with Crippen LogP contribution >= 0.6 is 11.3 Å². The molecule has 0 saturated carbocycles. The van der Waals surface area contributed by atoms with E-state index in [1.165, 1.54) is 36.3 Å². The number of nitrogens with zero attached hydrogens (tertiary/aromatic N) is 1. The fourth-order valence-corrected chi connectivity index (χ4v) is 8.76. The molecule has 0 amide bonds. The number of sulfone groups is 1. The van der Waals surface area contributed by atoms with E-state index in [0.717, 1.165) is 34.6 Å². The third-order valence-electron chi connectivity index (χ3n) is 5.83. The molecular weight excluding hydrogens is 516 g/mol. The molecule has 2 heterocycles. The molecular formula is C26H22N2O5S3. The second kappa shape index (κ2) is 9.53. The summed E-state index contributed by atoms with van der Waals surface area (Å²) in [5, 5.41) is 1.45. The largest absolute Gasteiger partial charge is 0.495 e. The molecule has 10 heteroatoms. The minimum atomic E-state index is -4.23. The number of fused-ring (bicyclic) bond motifs is 1. The van der Waals surface area contributed by atoms with Gasteiger partial charge in [0.2, 0.25) is 9.84 Å². The number of rotatable bonds is 7. The number of hydrogen-bond donors (Lipinski definition) is 1. The average Bonchev–Trinajstić information content (AvgIpc) is 3.41. The van der Waals surface area contributed by atoms with Crippen molar-refractivity contribution in [2.75, 3.05) is 18.4 Å². The van der Waals surface area contributed by atoms with Gasteiger partial charge in [0, 0.05) is 17.7 Å². The molecule has 1 N–H and O–H groups in total. The van der Waals surface area contributed by atoms with Gasteiger partial charge in [0.25, 0.3) is 10.0 Å². The van der Waals surface area contributed by atoms with Crippen LogP contribution in [0.1, 0.15) is 16.7 Å². The molecule has 3 aromatic carbocycles. The number of thiophene rings is 1. The lowest BCUT2D eigenvalue weighted by atomic mass is 9.93. The van der Waals surface area contributed by atoms with Crippen molar-refractivity contribution >= 4 is 42.6 Å². The van der Waals surface area contributed by atoms with Crippen LogP contribution in [0.15, 0.2) is 103 Å². The fourth-order valence-electron chi connectivity index (χ4n) is 4.11.